The number of hydrogen-bond acceptors (Lipinski definition) is 8. The fraction of sp³-hybridized carbons (Fsp3) is 0.478. The smallest absolute Gasteiger partial charge is 0.407 e. The number of aromatic amines is 1. The van der Waals surface area contributed by atoms with Crippen LogP contribution in [0.2, 0.25) is 0 Å². The molecule has 0 radical (unpaired) electrons. The van der Waals surface area contributed by atoms with Crippen LogP contribution >= 0.6 is 0 Å². The molecule has 188 valence electrons. The molecule has 0 bridgehead atoms. The van der Waals surface area contributed by atoms with Crippen LogP contribution in [0.5, 0.6) is 17.2 Å². The number of aromatic hydroxyl groups is 1. The molecule has 11 nitrogen and oxygen atoms in total. The Labute approximate surface area is 200 Å². The summed E-state index contributed by atoms with van der Waals surface area (Å²) in [4.78, 5) is 35.6. The monoisotopic (exact) mass is 490 g/mol. The Morgan fingerprint density at radius 2 is 2.11 bits per heavy atom. The quantitative estimate of drug-likeness (QED) is 0.371. The molecule has 0 saturated heterocycles. The van der Waals surface area contributed by atoms with E-state index in [1.54, 1.807) is 6.07 Å². The molecule has 35 heavy (non-hydrogen) atoms. The summed E-state index contributed by atoms with van der Waals surface area (Å²) in [6.45, 7) is -1.02. The zero-order valence-electron chi connectivity index (χ0n) is 19.1. The van der Waals surface area contributed by atoms with Crippen molar-refractivity contribution >= 4 is 24.1 Å². The SMILES string of the molecule is COc1cc(O)c(C=O)c(OCC(=O)Nc2cc([C@H]3CC[C@@H](OC(=O)NC4(CF)CC4)C3)[nH]n2)c1. The topological polar surface area (TPSA) is 152 Å². The fourth-order valence-electron chi connectivity index (χ4n) is 4.04. The van der Waals surface area contributed by atoms with Gasteiger partial charge in [0.1, 0.15) is 30.0 Å². The van der Waals surface area contributed by atoms with Gasteiger partial charge in [0.2, 0.25) is 0 Å². The third-order valence-electron chi connectivity index (χ3n) is 6.25. The molecule has 2 fully saturated rings. The van der Waals surface area contributed by atoms with Gasteiger partial charge >= 0.3 is 6.09 Å². The molecule has 2 aliphatic carbocycles. The van der Waals surface area contributed by atoms with E-state index in [-0.39, 0.29) is 34.8 Å². The van der Waals surface area contributed by atoms with Crippen LogP contribution in [-0.2, 0) is 9.53 Å². The number of amides is 2. The molecule has 1 aromatic heterocycles. The summed E-state index contributed by atoms with van der Waals surface area (Å²) in [6.07, 6.45) is 2.82. The number of nitrogens with zero attached hydrogens (tertiary/aromatic N) is 1. The van der Waals surface area contributed by atoms with Crippen LogP contribution in [0, 0.1) is 0 Å². The summed E-state index contributed by atoms with van der Waals surface area (Å²) < 4.78 is 28.8. The summed E-state index contributed by atoms with van der Waals surface area (Å²) in [5.74, 6) is -0.210. The van der Waals surface area contributed by atoms with Crippen molar-refractivity contribution in [2.24, 2.45) is 0 Å². The summed E-state index contributed by atoms with van der Waals surface area (Å²) in [7, 11) is 1.39. The number of hydrogen-bond donors (Lipinski definition) is 4. The second-order valence-electron chi connectivity index (χ2n) is 8.80. The lowest BCUT2D eigenvalue weighted by molar-refractivity contribution is -0.118. The minimum atomic E-state index is -0.739. The number of carbonyl (C=O) groups is 3. The van der Waals surface area contributed by atoms with Crippen LogP contribution in [-0.4, -0.2) is 65.6 Å². The van der Waals surface area contributed by atoms with Crippen molar-refractivity contribution in [2.45, 2.75) is 49.7 Å². The number of methoxy groups -OCH3 is 1. The van der Waals surface area contributed by atoms with Crippen molar-refractivity contribution in [1.29, 1.82) is 0 Å². The second kappa shape index (κ2) is 10.2. The molecule has 12 heteroatoms. The second-order valence-corrected chi connectivity index (χ2v) is 8.80. The normalized spacial score (nSPS) is 20.1. The van der Waals surface area contributed by atoms with E-state index < -0.39 is 30.8 Å². The molecule has 2 aromatic rings. The number of phenolic OH excluding ortho intramolecular Hbond substituents is 1. The van der Waals surface area contributed by atoms with Gasteiger partial charge in [-0.1, -0.05) is 0 Å². The van der Waals surface area contributed by atoms with Gasteiger partial charge in [-0.2, -0.15) is 5.10 Å². The van der Waals surface area contributed by atoms with Crippen LogP contribution < -0.4 is 20.1 Å². The van der Waals surface area contributed by atoms with Crippen molar-refractivity contribution in [3.05, 3.63) is 29.5 Å². The number of nitrogens with one attached hydrogen (secondary N) is 3. The highest BCUT2D eigenvalue weighted by molar-refractivity contribution is 5.91. The van der Waals surface area contributed by atoms with Gasteiger partial charge in [0.15, 0.2) is 18.7 Å². The Balaban J connectivity index is 1.26. The van der Waals surface area contributed by atoms with Crippen LogP contribution in [0.25, 0.3) is 0 Å². The van der Waals surface area contributed by atoms with Crippen molar-refractivity contribution < 1.29 is 38.1 Å². The Morgan fingerprint density at radius 3 is 2.80 bits per heavy atom. The van der Waals surface area contributed by atoms with E-state index in [1.807, 2.05) is 0 Å². The van der Waals surface area contributed by atoms with E-state index in [4.69, 9.17) is 14.2 Å². The van der Waals surface area contributed by atoms with Crippen molar-refractivity contribution in [3.63, 3.8) is 0 Å². The van der Waals surface area contributed by atoms with Crippen LogP contribution in [0.3, 0.4) is 0 Å². The number of halogens is 1. The van der Waals surface area contributed by atoms with Gasteiger partial charge in [0.05, 0.1) is 18.2 Å². The van der Waals surface area contributed by atoms with Gasteiger partial charge in [0.25, 0.3) is 5.91 Å². The Morgan fingerprint density at radius 1 is 1.31 bits per heavy atom. The minimum absolute atomic E-state index is 0.00914. The molecule has 1 aromatic carbocycles. The number of phenols is 1. The maximum Gasteiger partial charge on any atom is 0.407 e. The number of anilines is 1. The average Bonchev–Trinajstić information content (AvgIpc) is 3.21. The Kier molecular flexibility index (Phi) is 7.08. The lowest BCUT2D eigenvalue weighted by Crippen LogP contribution is -2.40. The molecule has 2 amide bonds. The van der Waals surface area contributed by atoms with E-state index in [0.29, 0.717) is 37.8 Å². The maximum atomic E-state index is 13.0. The molecule has 0 aliphatic heterocycles. The minimum Gasteiger partial charge on any atom is -0.507 e. The first-order chi connectivity index (χ1) is 16.8. The largest absolute Gasteiger partial charge is 0.507 e. The van der Waals surface area contributed by atoms with Gasteiger partial charge < -0.3 is 30.0 Å². The van der Waals surface area contributed by atoms with Gasteiger partial charge in [0, 0.05) is 29.8 Å². The predicted octanol–water partition coefficient (Wildman–Crippen LogP) is 2.82. The first kappa shape index (κ1) is 24.3. The molecule has 2 atom stereocenters. The number of ether oxygens (including phenoxy) is 3. The Hall–Kier alpha value is -3.83. The van der Waals surface area contributed by atoms with Crippen molar-refractivity contribution in [2.75, 3.05) is 25.7 Å². The number of alkyl carbamates (subject to hydrolysis) is 1. The van der Waals surface area contributed by atoms with E-state index in [0.717, 1.165) is 12.1 Å². The third kappa shape index (κ3) is 5.81. The van der Waals surface area contributed by atoms with Crippen LogP contribution in [0.1, 0.15) is 54.1 Å². The average molecular weight is 490 g/mol. The maximum absolute atomic E-state index is 13.0. The van der Waals surface area contributed by atoms with Crippen LogP contribution in [0.4, 0.5) is 15.0 Å². The Bertz CT molecular complexity index is 1100. The van der Waals surface area contributed by atoms with Gasteiger partial charge in [-0.15, -0.1) is 0 Å². The zero-order chi connectivity index (χ0) is 25.0. The molecule has 2 saturated carbocycles. The highest BCUT2D eigenvalue weighted by Crippen LogP contribution is 2.38. The summed E-state index contributed by atoms with van der Waals surface area (Å²) in [5.41, 5.74) is -0.0442. The number of H-pyrrole nitrogens is 1. The number of aromatic nitrogens is 2. The lowest BCUT2D eigenvalue weighted by Gasteiger charge is -2.17. The molecule has 2 aliphatic rings. The van der Waals surface area contributed by atoms with E-state index in [2.05, 4.69) is 20.8 Å². The fourth-order valence-corrected chi connectivity index (χ4v) is 4.04. The molecular weight excluding hydrogens is 463 g/mol. The molecule has 1 heterocycles. The number of aldehydes is 1. The number of carbonyl (C=O) groups excluding carboxylic acids is 3. The number of alkyl halides is 1. The van der Waals surface area contributed by atoms with E-state index in [9.17, 15) is 23.9 Å². The van der Waals surface area contributed by atoms with Gasteiger partial charge in [-0.05, 0) is 32.1 Å². The highest BCUT2D eigenvalue weighted by Gasteiger charge is 2.45. The summed E-state index contributed by atoms with van der Waals surface area (Å²) in [5, 5.41) is 22.1. The molecule has 4 rings (SSSR count). The molecule has 0 unspecified atom stereocenters. The van der Waals surface area contributed by atoms with E-state index in [1.165, 1.54) is 19.2 Å². The van der Waals surface area contributed by atoms with Gasteiger partial charge in [-0.3, -0.25) is 14.7 Å². The van der Waals surface area contributed by atoms with Crippen LogP contribution in [0.15, 0.2) is 18.2 Å². The highest BCUT2D eigenvalue weighted by atomic mass is 19.1. The van der Waals surface area contributed by atoms with E-state index >= 15 is 0 Å². The first-order valence-electron chi connectivity index (χ1n) is 11.2. The lowest BCUT2D eigenvalue weighted by atomic mass is 10.0. The van der Waals surface area contributed by atoms with Gasteiger partial charge in [-0.25, -0.2) is 9.18 Å². The molecular formula is C23H27FN4O7. The number of rotatable bonds is 10. The zero-order valence-corrected chi connectivity index (χ0v) is 19.1. The summed E-state index contributed by atoms with van der Waals surface area (Å²) in [6, 6.07) is 4.35. The first-order valence-corrected chi connectivity index (χ1v) is 11.2. The standard InChI is InChI=1S/C23H27FN4O7/c1-33-15-7-18(30)16(10-29)19(8-15)34-11-21(31)25-20-9-17(27-28-20)13-2-3-14(6-13)35-22(32)26-23(12-24)4-5-23/h7-10,13-14,30H,2-6,11-12H2,1H3,(H,26,32)(H2,25,27,28,31)/t13-,14+/m0/s1. The summed E-state index contributed by atoms with van der Waals surface area (Å²) >= 11 is 0. The van der Waals surface area contributed by atoms with Crippen molar-refractivity contribution in [3.8, 4) is 17.2 Å². The third-order valence-corrected chi connectivity index (χ3v) is 6.25. The number of benzene rings is 1. The molecule has 0 spiro atoms. The van der Waals surface area contributed by atoms with Crippen molar-refractivity contribution in [1.82, 2.24) is 15.5 Å². The molecule has 4 N–H and O–H groups in total. The predicted molar refractivity (Wildman–Crippen MR) is 121 cm³/mol.